The van der Waals surface area contributed by atoms with E-state index in [1.165, 1.54) is 16.4 Å². The number of sulfonamides is 1. The number of amides is 1. The number of hydrogen-bond donors (Lipinski definition) is 1. The second-order valence-corrected chi connectivity index (χ2v) is 10.6. The molecule has 0 radical (unpaired) electrons. The Morgan fingerprint density at radius 3 is 2.32 bits per heavy atom. The summed E-state index contributed by atoms with van der Waals surface area (Å²) in [6.07, 6.45) is 0.970. The number of rotatable bonds is 8. The lowest BCUT2D eigenvalue weighted by molar-refractivity contribution is -0.126. The predicted octanol–water partition coefficient (Wildman–Crippen LogP) is 4.64. The first-order chi connectivity index (χ1) is 16.4. The molecule has 0 saturated carbocycles. The highest BCUT2D eigenvalue weighted by atomic mass is 35.5. The van der Waals surface area contributed by atoms with Gasteiger partial charge in [-0.25, -0.2) is 8.42 Å². The average Bonchev–Trinajstić information content (AvgIpc) is 2.87. The first-order valence-electron chi connectivity index (χ1n) is 11.2. The van der Waals surface area contributed by atoms with Crippen molar-refractivity contribution in [3.63, 3.8) is 0 Å². The topological polar surface area (TPSA) is 75.7 Å². The van der Waals surface area contributed by atoms with Crippen LogP contribution in [0.4, 0.5) is 0 Å². The Morgan fingerprint density at radius 1 is 0.941 bits per heavy atom. The fourth-order valence-electron chi connectivity index (χ4n) is 3.93. The lowest BCUT2D eigenvalue weighted by Gasteiger charge is -2.30. The first-order valence-corrected chi connectivity index (χ1v) is 13.0. The van der Waals surface area contributed by atoms with Crippen LogP contribution in [-0.4, -0.2) is 31.7 Å². The number of hydrogen-bond acceptors (Lipinski definition) is 4. The molecular formula is C26H27ClN2O4S. The summed E-state index contributed by atoms with van der Waals surface area (Å²) in [6.45, 7) is 1.50. The first kappa shape index (κ1) is 24.3. The molecular weight excluding hydrogens is 472 g/mol. The molecule has 0 spiro atoms. The third-order valence-corrected chi connectivity index (χ3v) is 8.05. The fourth-order valence-corrected chi connectivity index (χ4v) is 5.53. The van der Waals surface area contributed by atoms with Crippen LogP contribution in [0.3, 0.4) is 0 Å². The molecule has 0 bridgehead atoms. The van der Waals surface area contributed by atoms with Gasteiger partial charge in [-0.05, 0) is 60.4 Å². The van der Waals surface area contributed by atoms with Crippen molar-refractivity contribution in [3.05, 3.63) is 95.0 Å². The number of nitrogens with one attached hydrogen (secondary N) is 1. The molecule has 1 fully saturated rings. The molecule has 34 heavy (non-hydrogen) atoms. The molecule has 6 nitrogen and oxygen atoms in total. The van der Waals surface area contributed by atoms with Gasteiger partial charge in [0, 0.05) is 30.6 Å². The predicted molar refractivity (Wildman–Crippen MR) is 132 cm³/mol. The van der Waals surface area contributed by atoms with Crippen LogP contribution in [0.2, 0.25) is 5.02 Å². The Hall–Kier alpha value is -2.87. The smallest absolute Gasteiger partial charge is 0.243 e. The van der Waals surface area contributed by atoms with Crippen molar-refractivity contribution in [3.8, 4) is 5.75 Å². The molecule has 1 aliphatic heterocycles. The highest BCUT2D eigenvalue weighted by molar-refractivity contribution is 7.89. The summed E-state index contributed by atoms with van der Waals surface area (Å²) < 4.78 is 33.0. The average molecular weight is 499 g/mol. The molecule has 8 heteroatoms. The zero-order chi connectivity index (χ0) is 24.0. The number of piperidine rings is 1. The Bertz CT molecular complexity index is 1210. The van der Waals surface area contributed by atoms with E-state index in [-0.39, 0.29) is 16.7 Å². The van der Waals surface area contributed by atoms with Crippen LogP contribution < -0.4 is 10.1 Å². The molecule has 0 unspecified atom stereocenters. The van der Waals surface area contributed by atoms with Crippen LogP contribution in [0.1, 0.15) is 24.0 Å². The van der Waals surface area contributed by atoms with Gasteiger partial charge in [-0.1, -0.05) is 54.1 Å². The summed E-state index contributed by atoms with van der Waals surface area (Å²) in [7, 11) is -3.58. The summed E-state index contributed by atoms with van der Waals surface area (Å²) in [4.78, 5) is 12.9. The van der Waals surface area contributed by atoms with Gasteiger partial charge in [0.2, 0.25) is 15.9 Å². The van der Waals surface area contributed by atoms with Gasteiger partial charge in [0.05, 0.1) is 4.90 Å². The summed E-state index contributed by atoms with van der Waals surface area (Å²) in [6, 6.07) is 23.7. The molecule has 0 aromatic heterocycles. The summed E-state index contributed by atoms with van der Waals surface area (Å²) >= 11 is 5.87. The number of ether oxygens (including phenoxy) is 1. The number of carbonyl (C=O) groups is 1. The van der Waals surface area contributed by atoms with Gasteiger partial charge in [0.15, 0.2) is 0 Å². The highest BCUT2D eigenvalue weighted by Crippen LogP contribution is 2.25. The van der Waals surface area contributed by atoms with E-state index in [4.69, 9.17) is 16.3 Å². The van der Waals surface area contributed by atoms with Crippen molar-refractivity contribution in [2.45, 2.75) is 30.9 Å². The number of halogens is 1. The zero-order valence-corrected chi connectivity index (χ0v) is 20.3. The monoisotopic (exact) mass is 498 g/mol. The Morgan fingerprint density at radius 2 is 1.62 bits per heavy atom. The molecule has 1 saturated heterocycles. The summed E-state index contributed by atoms with van der Waals surface area (Å²) in [5.41, 5.74) is 2.03. The van der Waals surface area contributed by atoms with E-state index in [0.717, 1.165) is 16.9 Å². The van der Waals surface area contributed by atoms with Crippen LogP contribution in [0.5, 0.6) is 5.75 Å². The quantitative estimate of drug-likeness (QED) is 0.491. The van der Waals surface area contributed by atoms with Gasteiger partial charge in [0.1, 0.15) is 12.4 Å². The number of carbonyl (C=O) groups excluding carboxylic acids is 1. The molecule has 1 amide bonds. The summed E-state index contributed by atoms with van der Waals surface area (Å²) in [5.74, 6) is 0.477. The molecule has 3 aromatic rings. The standard InChI is InChI=1S/C26H27ClN2O4S/c27-23-9-11-25(12-10-23)34(31,32)29-15-13-22(14-16-29)26(30)28-18-21-7-4-8-24(17-21)33-19-20-5-2-1-3-6-20/h1-12,17,22H,13-16,18-19H2,(H,28,30). The van der Waals surface area contributed by atoms with Crippen LogP contribution >= 0.6 is 11.6 Å². The van der Waals surface area contributed by atoms with Gasteiger partial charge in [-0.3, -0.25) is 4.79 Å². The number of nitrogens with zero attached hydrogens (tertiary/aromatic N) is 1. The van der Waals surface area contributed by atoms with Gasteiger partial charge < -0.3 is 10.1 Å². The molecule has 0 atom stereocenters. The second-order valence-electron chi connectivity index (χ2n) is 8.27. The molecule has 3 aromatic carbocycles. The van der Waals surface area contributed by atoms with Gasteiger partial charge >= 0.3 is 0 Å². The largest absolute Gasteiger partial charge is 0.489 e. The fraction of sp³-hybridized carbons (Fsp3) is 0.269. The Balaban J connectivity index is 1.26. The Labute approximate surface area is 205 Å². The normalized spacial score (nSPS) is 15.1. The van der Waals surface area contributed by atoms with Crippen LogP contribution in [-0.2, 0) is 28.0 Å². The molecule has 0 aliphatic carbocycles. The minimum Gasteiger partial charge on any atom is -0.489 e. The molecule has 178 valence electrons. The van der Waals surface area contributed by atoms with Crippen LogP contribution in [0.15, 0.2) is 83.8 Å². The van der Waals surface area contributed by atoms with Crippen molar-refractivity contribution in [1.29, 1.82) is 0 Å². The van der Waals surface area contributed by atoms with Gasteiger partial charge in [-0.2, -0.15) is 4.31 Å². The zero-order valence-electron chi connectivity index (χ0n) is 18.7. The minimum absolute atomic E-state index is 0.0563. The molecule has 1 heterocycles. The van der Waals surface area contributed by atoms with Gasteiger partial charge in [0.25, 0.3) is 0 Å². The molecule has 1 N–H and O–H groups in total. The van der Waals surface area contributed by atoms with E-state index in [9.17, 15) is 13.2 Å². The van der Waals surface area contributed by atoms with E-state index >= 15 is 0 Å². The molecule has 1 aliphatic rings. The second kappa shape index (κ2) is 11.0. The highest BCUT2D eigenvalue weighted by Gasteiger charge is 2.32. The maximum absolute atomic E-state index is 12.8. The van der Waals surface area contributed by atoms with Gasteiger partial charge in [-0.15, -0.1) is 0 Å². The van der Waals surface area contributed by atoms with E-state index in [0.29, 0.717) is 44.1 Å². The minimum atomic E-state index is -3.58. The third kappa shape index (κ3) is 6.17. The lowest BCUT2D eigenvalue weighted by Crippen LogP contribution is -2.42. The third-order valence-electron chi connectivity index (χ3n) is 5.89. The van der Waals surface area contributed by atoms with Crippen LogP contribution in [0, 0.1) is 5.92 Å². The number of benzene rings is 3. The lowest BCUT2D eigenvalue weighted by atomic mass is 9.97. The maximum atomic E-state index is 12.8. The van der Waals surface area contributed by atoms with Crippen molar-refractivity contribution in [2.24, 2.45) is 5.92 Å². The van der Waals surface area contributed by atoms with Crippen molar-refractivity contribution >= 4 is 27.5 Å². The van der Waals surface area contributed by atoms with Crippen LogP contribution in [0.25, 0.3) is 0 Å². The Kier molecular flexibility index (Phi) is 7.88. The van der Waals surface area contributed by atoms with E-state index in [1.54, 1.807) is 12.1 Å². The van der Waals surface area contributed by atoms with Crippen molar-refractivity contribution in [2.75, 3.05) is 13.1 Å². The van der Waals surface area contributed by atoms with E-state index in [2.05, 4.69) is 5.32 Å². The van der Waals surface area contributed by atoms with E-state index < -0.39 is 10.0 Å². The van der Waals surface area contributed by atoms with E-state index in [1.807, 2.05) is 54.6 Å². The SMILES string of the molecule is O=C(NCc1cccc(OCc2ccccc2)c1)C1CCN(S(=O)(=O)c2ccc(Cl)cc2)CC1. The maximum Gasteiger partial charge on any atom is 0.243 e. The van der Waals surface area contributed by atoms with Crippen molar-refractivity contribution in [1.82, 2.24) is 9.62 Å². The summed E-state index contributed by atoms with van der Waals surface area (Å²) in [5, 5.41) is 3.47. The van der Waals surface area contributed by atoms with Crippen molar-refractivity contribution < 1.29 is 17.9 Å². The molecule has 4 rings (SSSR count).